The van der Waals surface area contributed by atoms with Gasteiger partial charge >= 0.3 is 110 Å². The minimum absolute atomic E-state index is 0.0513. The van der Waals surface area contributed by atoms with Crippen LogP contribution in [0.25, 0.3) is 14.8 Å². The van der Waals surface area contributed by atoms with E-state index in [0.717, 1.165) is 15.6 Å². The van der Waals surface area contributed by atoms with Crippen LogP contribution in [0.3, 0.4) is 0 Å². The Bertz CT molecular complexity index is 804. The van der Waals surface area contributed by atoms with Gasteiger partial charge in [0, 0.05) is 0 Å². The van der Waals surface area contributed by atoms with E-state index in [0.29, 0.717) is 10.5 Å². The average molecular weight is 326 g/mol. The molecule has 6 nitrogen and oxygen atoms in total. The van der Waals surface area contributed by atoms with Crippen molar-refractivity contribution in [3.05, 3.63) is 50.9 Å². The van der Waals surface area contributed by atoms with E-state index in [4.69, 9.17) is 0 Å². The Hall–Kier alpha value is -1.76. The third kappa shape index (κ3) is 1.71. The fourth-order valence-corrected chi connectivity index (χ4v) is 4.48. The number of nitrogens with zero attached hydrogens (tertiary/aromatic N) is 3. The van der Waals surface area contributed by atoms with Crippen LogP contribution in [0.2, 0.25) is 0 Å². The molecule has 0 atom stereocenters. The first-order valence-electron chi connectivity index (χ1n) is 4.88. The molecule has 8 heteroatoms. The number of aromatic nitrogens is 2. The second kappa shape index (κ2) is 4.16. The summed E-state index contributed by atoms with van der Waals surface area (Å²) in [5.41, 5.74) is -0.130. The van der Waals surface area contributed by atoms with Gasteiger partial charge in [-0.25, -0.2) is 0 Å². The molecule has 1 aromatic carbocycles. The molecule has 0 fully saturated rings. The standard InChI is InChI=1S/C10H5N3O3SSe/c14-9-6-3-1-2-4-7(6)18-12(9)10-11-5-8(17-10)13(15)16/h1-5H. The van der Waals surface area contributed by atoms with Crippen molar-refractivity contribution in [1.82, 2.24) is 8.55 Å². The third-order valence-corrected chi connectivity index (χ3v) is 5.77. The van der Waals surface area contributed by atoms with Gasteiger partial charge in [-0.3, -0.25) is 0 Å². The molecule has 0 bridgehead atoms. The zero-order chi connectivity index (χ0) is 12.7. The van der Waals surface area contributed by atoms with Gasteiger partial charge in [-0.2, -0.15) is 0 Å². The molecular formula is C10H5N3O3SSe. The minimum atomic E-state index is -0.498. The molecule has 0 aliphatic carbocycles. The van der Waals surface area contributed by atoms with Crippen LogP contribution in [0.1, 0.15) is 0 Å². The fraction of sp³-hybridized carbons (Fsp3) is 0. The Kier molecular flexibility index (Phi) is 2.62. The molecule has 3 aromatic rings. The quantitative estimate of drug-likeness (QED) is 0.405. The van der Waals surface area contributed by atoms with Gasteiger partial charge in [-0.15, -0.1) is 0 Å². The van der Waals surface area contributed by atoms with Crippen LogP contribution in [0.5, 0.6) is 0 Å². The number of hydrogen-bond acceptors (Lipinski definition) is 5. The van der Waals surface area contributed by atoms with E-state index < -0.39 is 4.92 Å². The molecule has 2 heterocycles. The molecule has 0 N–H and O–H groups in total. The Morgan fingerprint density at radius 2 is 2.17 bits per heavy atom. The summed E-state index contributed by atoms with van der Waals surface area (Å²) in [5.74, 6) is 0. The monoisotopic (exact) mass is 327 g/mol. The summed E-state index contributed by atoms with van der Waals surface area (Å²) in [7, 11) is 0. The Balaban J connectivity index is 2.22. The molecule has 0 unspecified atom stereocenters. The van der Waals surface area contributed by atoms with Gasteiger partial charge in [0.25, 0.3) is 0 Å². The van der Waals surface area contributed by atoms with Crippen LogP contribution in [0.4, 0.5) is 5.00 Å². The van der Waals surface area contributed by atoms with Crippen molar-refractivity contribution in [2.75, 3.05) is 0 Å². The van der Waals surface area contributed by atoms with Crippen molar-refractivity contribution in [3.8, 4) is 5.13 Å². The van der Waals surface area contributed by atoms with Gasteiger partial charge in [0.2, 0.25) is 0 Å². The molecule has 2 aromatic heterocycles. The van der Waals surface area contributed by atoms with Crippen LogP contribution in [0, 0.1) is 10.1 Å². The van der Waals surface area contributed by atoms with Crippen LogP contribution >= 0.6 is 11.3 Å². The van der Waals surface area contributed by atoms with Gasteiger partial charge in [0.1, 0.15) is 0 Å². The van der Waals surface area contributed by atoms with E-state index in [2.05, 4.69) is 4.98 Å². The summed E-state index contributed by atoms with van der Waals surface area (Å²) < 4.78 is 2.50. The van der Waals surface area contributed by atoms with Crippen LogP contribution in [-0.2, 0) is 0 Å². The van der Waals surface area contributed by atoms with E-state index in [-0.39, 0.29) is 25.3 Å². The number of benzene rings is 1. The van der Waals surface area contributed by atoms with Crippen molar-refractivity contribution in [1.29, 1.82) is 0 Å². The SMILES string of the molecule is O=c1c2ccccc2[se]n1-c1ncc([N+](=O)[O-])s1. The maximum absolute atomic E-state index is 12.1. The fourth-order valence-electron chi connectivity index (χ4n) is 1.53. The molecule has 0 saturated carbocycles. The van der Waals surface area contributed by atoms with Crippen LogP contribution in [0.15, 0.2) is 35.3 Å². The zero-order valence-corrected chi connectivity index (χ0v) is 11.3. The van der Waals surface area contributed by atoms with Crippen molar-refractivity contribution in [2.24, 2.45) is 0 Å². The predicted molar refractivity (Wildman–Crippen MR) is 68.8 cm³/mol. The van der Waals surface area contributed by atoms with Crippen molar-refractivity contribution < 1.29 is 4.92 Å². The summed E-state index contributed by atoms with van der Waals surface area (Å²) in [6.07, 6.45) is 1.19. The van der Waals surface area contributed by atoms with E-state index in [1.165, 1.54) is 9.76 Å². The van der Waals surface area contributed by atoms with Crippen LogP contribution < -0.4 is 5.56 Å². The number of thiazole rings is 1. The Morgan fingerprint density at radius 3 is 2.83 bits per heavy atom. The molecule has 0 radical (unpaired) electrons. The van der Waals surface area contributed by atoms with E-state index in [1.807, 2.05) is 12.1 Å². The normalized spacial score (nSPS) is 10.9. The molecule has 90 valence electrons. The number of hydrogen-bond donors (Lipinski definition) is 0. The first-order chi connectivity index (χ1) is 8.66. The summed E-state index contributed by atoms with van der Waals surface area (Å²) in [6.45, 7) is 0. The number of fused-ring (bicyclic) bond motifs is 1. The first kappa shape index (κ1) is 11.3. The summed E-state index contributed by atoms with van der Waals surface area (Å²) in [6, 6.07) is 7.35. The maximum atomic E-state index is 12.1. The zero-order valence-electron chi connectivity index (χ0n) is 8.77. The second-order valence-electron chi connectivity index (χ2n) is 3.43. The molecule has 0 aliphatic heterocycles. The molecule has 0 spiro atoms. The summed E-state index contributed by atoms with van der Waals surface area (Å²) >= 11 is 0.728. The van der Waals surface area contributed by atoms with Crippen molar-refractivity contribution in [3.63, 3.8) is 0 Å². The number of rotatable bonds is 2. The molecule has 18 heavy (non-hydrogen) atoms. The molecule has 0 amide bonds. The molecular weight excluding hydrogens is 321 g/mol. The molecule has 3 rings (SSSR count). The number of nitro groups is 1. The predicted octanol–water partition coefficient (Wildman–Crippen LogP) is 1.41. The summed E-state index contributed by atoms with van der Waals surface area (Å²) in [4.78, 5) is 26.2. The first-order valence-corrected chi connectivity index (χ1v) is 7.32. The van der Waals surface area contributed by atoms with Gasteiger partial charge in [0.05, 0.1) is 0 Å². The molecule has 0 saturated heterocycles. The van der Waals surface area contributed by atoms with Crippen LogP contribution in [-0.4, -0.2) is 28.2 Å². The van der Waals surface area contributed by atoms with Gasteiger partial charge in [-0.05, 0) is 0 Å². The topological polar surface area (TPSA) is 78.0 Å². The van der Waals surface area contributed by atoms with Gasteiger partial charge in [0.15, 0.2) is 0 Å². The van der Waals surface area contributed by atoms with Crippen molar-refractivity contribution >= 4 is 40.7 Å². The Labute approximate surface area is 110 Å². The third-order valence-electron chi connectivity index (χ3n) is 2.33. The van der Waals surface area contributed by atoms with E-state index in [1.54, 1.807) is 12.1 Å². The van der Waals surface area contributed by atoms with E-state index >= 15 is 0 Å². The average Bonchev–Trinajstić information content (AvgIpc) is 2.95. The Morgan fingerprint density at radius 1 is 1.39 bits per heavy atom. The summed E-state index contributed by atoms with van der Waals surface area (Å²) in [5, 5.41) is 11.6. The second-order valence-corrected chi connectivity index (χ2v) is 6.48. The van der Waals surface area contributed by atoms with Crippen molar-refractivity contribution in [2.45, 2.75) is 0 Å². The van der Waals surface area contributed by atoms with E-state index in [9.17, 15) is 14.9 Å². The van der Waals surface area contributed by atoms with Gasteiger partial charge in [-0.1, -0.05) is 0 Å². The molecule has 0 aliphatic rings. The van der Waals surface area contributed by atoms with Gasteiger partial charge < -0.3 is 0 Å².